The Bertz CT molecular complexity index is 738. The van der Waals surface area contributed by atoms with Gasteiger partial charge in [-0.2, -0.15) is 0 Å². The van der Waals surface area contributed by atoms with Gasteiger partial charge in [-0.05, 0) is 19.1 Å². The molecule has 4 nitrogen and oxygen atoms in total. The Labute approximate surface area is 123 Å². The van der Waals surface area contributed by atoms with Gasteiger partial charge in [-0.15, -0.1) is 0 Å². The number of aromatic nitrogens is 1. The van der Waals surface area contributed by atoms with Crippen molar-refractivity contribution in [3.05, 3.63) is 48.5 Å². The number of benzene rings is 2. The number of fused-ring (bicyclic) bond motifs is 3. The molecule has 108 valence electrons. The van der Waals surface area contributed by atoms with Crippen LogP contribution in [0.15, 0.2) is 48.5 Å². The van der Waals surface area contributed by atoms with E-state index in [0.29, 0.717) is 13.2 Å². The molecule has 0 fully saturated rings. The second-order valence-corrected chi connectivity index (χ2v) is 5.00. The standard InChI is InChI=1S/C17H18N2O2/c1-2-21-17(20)14(18)11-19-15-9-5-3-7-12(15)13-8-4-6-10-16(13)19/h3-10,14H,2,11,18H2,1H3. The molecule has 0 bridgehead atoms. The molecule has 1 unspecified atom stereocenters. The number of nitrogens with two attached hydrogens (primary N) is 1. The van der Waals surface area contributed by atoms with Crippen LogP contribution in [-0.2, 0) is 16.1 Å². The maximum atomic E-state index is 11.8. The molecule has 2 N–H and O–H groups in total. The Balaban J connectivity index is 2.09. The Morgan fingerprint density at radius 1 is 1.10 bits per heavy atom. The quantitative estimate of drug-likeness (QED) is 0.748. The summed E-state index contributed by atoms with van der Waals surface area (Å²) in [6.07, 6.45) is 0. The molecule has 0 saturated carbocycles. The fourth-order valence-electron chi connectivity index (χ4n) is 2.72. The molecule has 2 aromatic carbocycles. The normalized spacial score (nSPS) is 12.7. The van der Waals surface area contributed by atoms with Gasteiger partial charge in [-0.25, -0.2) is 0 Å². The number of carbonyl (C=O) groups is 1. The number of hydrogen-bond acceptors (Lipinski definition) is 3. The van der Waals surface area contributed by atoms with Gasteiger partial charge in [-0.1, -0.05) is 36.4 Å². The molecule has 3 aromatic rings. The van der Waals surface area contributed by atoms with Gasteiger partial charge in [-0.3, -0.25) is 4.79 Å². The van der Waals surface area contributed by atoms with E-state index in [1.807, 2.05) is 36.4 Å². The minimum atomic E-state index is -0.663. The van der Waals surface area contributed by atoms with Crippen molar-refractivity contribution in [3.8, 4) is 0 Å². The fraction of sp³-hybridized carbons (Fsp3) is 0.235. The first-order valence-electron chi connectivity index (χ1n) is 7.10. The van der Waals surface area contributed by atoms with Crippen molar-refractivity contribution in [2.24, 2.45) is 5.73 Å². The van der Waals surface area contributed by atoms with Crippen LogP contribution >= 0.6 is 0 Å². The largest absolute Gasteiger partial charge is 0.465 e. The Morgan fingerprint density at radius 3 is 2.14 bits per heavy atom. The fourth-order valence-corrected chi connectivity index (χ4v) is 2.72. The lowest BCUT2D eigenvalue weighted by Crippen LogP contribution is -2.36. The van der Waals surface area contributed by atoms with Crippen LogP contribution in [0.5, 0.6) is 0 Å². The van der Waals surface area contributed by atoms with Crippen molar-refractivity contribution in [2.45, 2.75) is 19.5 Å². The minimum absolute atomic E-state index is 0.347. The van der Waals surface area contributed by atoms with Crippen LogP contribution in [0.3, 0.4) is 0 Å². The lowest BCUT2D eigenvalue weighted by Gasteiger charge is -2.13. The summed E-state index contributed by atoms with van der Waals surface area (Å²) in [5.74, 6) is -0.362. The van der Waals surface area contributed by atoms with Gasteiger partial charge in [0, 0.05) is 28.4 Å². The zero-order chi connectivity index (χ0) is 14.8. The molecule has 0 aliphatic rings. The van der Waals surface area contributed by atoms with Crippen LogP contribution in [-0.4, -0.2) is 23.2 Å². The molecule has 1 atom stereocenters. The summed E-state index contributed by atoms with van der Waals surface area (Å²) in [5, 5.41) is 2.34. The highest BCUT2D eigenvalue weighted by Crippen LogP contribution is 2.28. The van der Waals surface area contributed by atoms with E-state index in [4.69, 9.17) is 10.5 Å². The molecule has 1 aromatic heterocycles. The molecule has 0 aliphatic heterocycles. The monoisotopic (exact) mass is 282 g/mol. The third kappa shape index (κ3) is 2.38. The van der Waals surface area contributed by atoms with Crippen LogP contribution in [0, 0.1) is 0 Å². The molecule has 21 heavy (non-hydrogen) atoms. The molecular formula is C17H18N2O2. The highest BCUT2D eigenvalue weighted by atomic mass is 16.5. The molecule has 0 spiro atoms. The average molecular weight is 282 g/mol. The molecule has 4 heteroatoms. The first-order valence-corrected chi connectivity index (χ1v) is 7.10. The number of carbonyl (C=O) groups excluding carboxylic acids is 1. The van der Waals surface area contributed by atoms with E-state index in [0.717, 1.165) is 11.0 Å². The van der Waals surface area contributed by atoms with E-state index in [9.17, 15) is 4.79 Å². The maximum Gasteiger partial charge on any atom is 0.324 e. The average Bonchev–Trinajstić information content (AvgIpc) is 2.82. The summed E-state index contributed by atoms with van der Waals surface area (Å²) in [6, 6.07) is 15.6. The number of ether oxygens (including phenoxy) is 1. The zero-order valence-corrected chi connectivity index (χ0v) is 12.0. The van der Waals surface area contributed by atoms with Crippen LogP contribution in [0.25, 0.3) is 21.8 Å². The second-order valence-electron chi connectivity index (χ2n) is 5.00. The van der Waals surface area contributed by atoms with Crippen LogP contribution in [0.4, 0.5) is 0 Å². The third-order valence-electron chi connectivity index (χ3n) is 3.65. The number of rotatable bonds is 4. The number of para-hydroxylation sites is 2. The number of esters is 1. The van der Waals surface area contributed by atoms with Gasteiger partial charge in [0.05, 0.1) is 6.61 Å². The highest BCUT2D eigenvalue weighted by molar-refractivity contribution is 6.08. The number of hydrogen-bond donors (Lipinski definition) is 1. The highest BCUT2D eigenvalue weighted by Gasteiger charge is 2.18. The topological polar surface area (TPSA) is 57.2 Å². The Kier molecular flexibility index (Phi) is 3.62. The van der Waals surface area contributed by atoms with Crippen LogP contribution < -0.4 is 5.73 Å². The van der Waals surface area contributed by atoms with Gasteiger partial charge in [0.2, 0.25) is 0 Å². The molecule has 0 amide bonds. The van der Waals surface area contributed by atoms with Crippen molar-refractivity contribution in [2.75, 3.05) is 6.61 Å². The number of nitrogens with zero attached hydrogens (tertiary/aromatic N) is 1. The van der Waals surface area contributed by atoms with Gasteiger partial charge in [0.25, 0.3) is 0 Å². The lowest BCUT2D eigenvalue weighted by atomic mass is 10.2. The smallest absolute Gasteiger partial charge is 0.324 e. The SMILES string of the molecule is CCOC(=O)C(N)Cn1c2ccccc2c2ccccc21. The summed E-state index contributed by atoms with van der Waals surface area (Å²) in [4.78, 5) is 11.8. The van der Waals surface area contributed by atoms with E-state index in [1.165, 1.54) is 10.8 Å². The molecule has 1 heterocycles. The van der Waals surface area contributed by atoms with Crippen molar-refractivity contribution in [3.63, 3.8) is 0 Å². The van der Waals surface area contributed by atoms with Gasteiger partial charge >= 0.3 is 5.97 Å². The van der Waals surface area contributed by atoms with E-state index in [1.54, 1.807) is 6.92 Å². The van der Waals surface area contributed by atoms with Gasteiger partial charge in [0.1, 0.15) is 6.04 Å². The summed E-state index contributed by atoms with van der Waals surface area (Å²) >= 11 is 0. The minimum Gasteiger partial charge on any atom is -0.465 e. The van der Waals surface area contributed by atoms with Crippen molar-refractivity contribution in [1.82, 2.24) is 4.57 Å². The Hall–Kier alpha value is -2.33. The molecule has 0 saturated heterocycles. The second kappa shape index (κ2) is 5.58. The van der Waals surface area contributed by atoms with Gasteiger partial charge in [0.15, 0.2) is 0 Å². The van der Waals surface area contributed by atoms with Gasteiger partial charge < -0.3 is 15.0 Å². The van der Waals surface area contributed by atoms with E-state index >= 15 is 0 Å². The predicted molar refractivity (Wildman–Crippen MR) is 84.1 cm³/mol. The Morgan fingerprint density at radius 2 is 1.62 bits per heavy atom. The zero-order valence-electron chi connectivity index (χ0n) is 12.0. The summed E-state index contributed by atoms with van der Waals surface area (Å²) in [6.45, 7) is 2.54. The van der Waals surface area contributed by atoms with Crippen LogP contribution in [0.2, 0.25) is 0 Å². The van der Waals surface area contributed by atoms with Crippen molar-refractivity contribution < 1.29 is 9.53 Å². The first kappa shape index (κ1) is 13.6. The van der Waals surface area contributed by atoms with Crippen molar-refractivity contribution >= 4 is 27.8 Å². The summed E-state index contributed by atoms with van der Waals surface area (Å²) in [5.41, 5.74) is 8.14. The lowest BCUT2D eigenvalue weighted by molar-refractivity contribution is -0.144. The van der Waals surface area contributed by atoms with Crippen LogP contribution in [0.1, 0.15) is 6.92 Å². The maximum absolute atomic E-state index is 11.8. The predicted octanol–water partition coefficient (Wildman–Crippen LogP) is 2.68. The van der Waals surface area contributed by atoms with E-state index in [2.05, 4.69) is 16.7 Å². The molecule has 3 rings (SSSR count). The van der Waals surface area contributed by atoms with E-state index in [-0.39, 0.29) is 5.97 Å². The van der Waals surface area contributed by atoms with Crippen molar-refractivity contribution in [1.29, 1.82) is 0 Å². The summed E-state index contributed by atoms with van der Waals surface area (Å²) in [7, 11) is 0. The summed E-state index contributed by atoms with van der Waals surface area (Å²) < 4.78 is 7.09. The molecule has 0 radical (unpaired) electrons. The third-order valence-corrected chi connectivity index (χ3v) is 3.65. The first-order chi connectivity index (χ1) is 10.2. The van der Waals surface area contributed by atoms with E-state index < -0.39 is 6.04 Å². The molecular weight excluding hydrogens is 264 g/mol. The molecule has 0 aliphatic carbocycles.